The maximum absolute atomic E-state index is 4.25. The number of hydrogen-bond donors (Lipinski definition) is 0. The van der Waals surface area contributed by atoms with Crippen LogP contribution in [0.3, 0.4) is 0 Å². The first-order valence-corrected chi connectivity index (χ1v) is 3.27. The van der Waals surface area contributed by atoms with Crippen molar-refractivity contribution in [3.63, 3.8) is 0 Å². The summed E-state index contributed by atoms with van der Waals surface area (Å²) in [5.41, 5.74) is 0. The highest BCUT2D eigenvalue weighted by Crippen LogP contribution is 1.29. The molecule has 0 radical (unpaired) electrons. The monoisotopic (exact) mass is 328 g/mol. The molecule has 0 fully saturated rings. The van der Waals surface area contributed by atoms with Crippen molar-refractivity contribution in [2.45, 2.75) is 0 Å². The second-order valence-corrected chi connectivity index (χ2v) is 1.63. The highest BCUT2D eigenvalue weighted by atomic mass is 35.5. The topological polar surface area (TPSA) is 36.9 Å². The van der Waals surface area contributed by atoms with Gasteiger partial charge in [-0.3, -0.25) is 0 Å². The van der Waals surface area contributed by atoms with Gasteiger partial charge in [0, 0.05) is 56.9 Å². The highest BCUT2D eigenvalue weighted by molar-refractivity contribution is 5.86. The molecule has 0 aromatic heterocycles. The Labute approximate surface area is 125 Å². The van der Waals surface area contributed by atoms with E-state index in [1.807, 2.05) is 0 Å². The Balaban J connectivity index is -0.00000000821. The van der Waals surface area contributed by atoms with Crippen LogP contribution in [0.4, 0.5) is 0 Å². The van der Waals surface area contributed by atoms with Crippen molar-refractivity contribution in [3.05, 3.63) is 0 Å². The molecular formula is C8H28Cl4O4. The molecule has 0 aliphatic carbocycles. The van der Waals surface area contributed by atoms with E-state index in [1.165, 1.54) is 0 Å². The first-order chi connectivity index (χ1) is 5.66. The van der Waals surface area contributed by atoms with Gasteiger partial charge in [-0.1, -0.05) is 0 Å². The molecule has 0 heterocycles. The van der Waals surface area contributed by atoms with Gasteiger partial charge in [0.2, 0.25) is 0 Å². The van der Waals surface area contributed by atoms with Crippen molar-refractivity contribution in [3.8, 4) is 0 Å². The number of methoxy groups -OCH3 is 4. The first-order valence-electron chi connectivity index (χ1n) is 3.27. The van der Waals surface area contributed by atoms with E-state index < -0.39 is 0 Å². The van der Waals surface area contributed by atoms with Gasteiger partial charge in [0.05, 0.1) is 0 Å². The van der Waals surface area contributed by atoms with Crippen LogP contribution in [0.2, 0.25) is 0 Å². The standard InChI is InChI=1S/4C2H6O.4ClH/c4*1-3-2;;;;/h4*1-2H3;4*1H. The molecule has 112 valence electrons. The Bertz CT molecular complexity index is 32.0. The second kappa shape index (κ2) is 144. The van der Waals surface area contributed by atoms with Gasteiger partial charge in [-0.25, -0.2) is 0 Å². The third kappa shape index (κ3) is 2940. The van der Waals surface area contributed by atoms with Crippen molar-refractivity contribution in [2.75, 3.05) is 56.9 Å². The molecule has 0 spiro atoms. The minimum absolute atomic E-state index is 0. The largest absolute Gasteiger partial charge is 0.388 e. The van der Waals surface area contributed by atoms with Crippen LogP contribution < -0.4 is 0 Å². The van der Waals surface area contributed by atoms with E-state index in [4.69, 9.17) is 0 Å². The molecule has 0 unspecified atom stereocenters. The first kappa shape index (κ1) is 53.7. The summed E-state index contributed by atoms with van der Waals surface area (Å²) in [7, 11) is 13.0. The summed E-state index contributed by atoms with van der Waals surface area (Å²) in [6.07, 6.45) is 0. The highest BCUT2D eigenvalue weighted by Gasteiger charge is 1.26. The van der Waals surface area contributed by atoms with Gasteiger partial charge in [0.15, 0.2) is 0 Å². The molecule has 0 aromatic rings. The molecule has 0 saturated carbocycles. The third-order valence-corrected chi connectivity index (χ3v) is 0. The van der Waals surface area contributed by atoms with E-state index in [0.29, 0.717) is 0 Å². The third-order valence-electron chi connectivity index (χ3n) is 0. The van der Waals surface area contributed by atoms with Crippen LogP contribution in [0.1, 0.15) is 0 Å². The van der Waals surface area contributed by atoms with Crippen molar-refractivity contribution in [2.24, 2.45) is 0 Å². The van der Waals surface area contributed by atoms with Crippen LogP contribution in [-0.2, 0) is 18.9 Å². The molecule has 0 saturated heterocycles. The molecule has 8 heteroatoms. The zero-order valence-electron chi connectivity index (χ0n) is 11.3. The summed E-state index contributed by atoms with van der Waals surface area (Å²) in [4.78, 5) is 0. The van der Waals surface area contributed by atoms with E-state index in [0.717, 1.165) is 0 Å². The van der Waals surface area contributed by atoms with Crippen molar-refractivity contribution in [1.82, 2.24) is 0 Å². The lowest BCUT2D eigenvalue weighted by Gasteiger charge is -1.61. The molecule has 0 aliphatic rings. The molecule has 4 nitrogen and oxygen atoms in total. The fourth-order valence-corrected chi connectivity index (χ4v) is 0. The molecule has 0 aliphatic heterocycles. The lowest BCUT2D eigenvalue weighted by molar-refractivity contribution is 0.277. The minimum Gasteiger partial charge on any atom is -0.388 e. The summed E-state index contributed by atoms with van der Waals surface area (Å²) in [5.74, 6) is 0. The van der Waals surface area contributed by atoms with Gasteiger partial charge in [-0.15, -0.1) is 49.6 Å². The molecule has 0 N–H and O–H groups in total. The Hall–Kier alpha value is 1.00. The average Bonchev–Trinajstić information content (AvgIpc) is 1.92. The summed E-state index contributed by atoms with van der Waals surface area (Å²) in [6.45, 7) is 0. The summed E-state index contributed by atoms with van der Waals surface area (Å²) in [5, 5.41) is 0. The van der Waals surface area contributed by atoms with Crippen LogP contribution >= 0.6 is 49.6 Å². The molecule has 0 amide bonds. The average molecular weight is 330 g/mol. The van der Waals surface area contributed by atoms with Crippen molar-refractivity contribution >= 4 is 49.6 Å². The molecule has 0 aromatic carbocycles. The maximum atomic E-state index is 4.25. The fraction of sp³-hybridized carbons (Fsp3) is 1.00. The molecular weight excluding hydrogens is 302 g/mol. The van der Waals surface area contributed by atoms with Gasteiger partial charge >= 0.3 is 0 Å². The minimum atomic E-state index is 0. The number of hydrogen-bond acceptors (Lipinski definition) is 4. The number of halogens is 4. The van der Waals surface area contributed by atoms with E-state index in [1.54, 1.807) is 56.9 Å². The normalized spacial score (nSPS) is 4.50. The van der Waals surface area contributed by atoms with Gasteiger partial charge in [0.1, 0.15) is 0 Å². The number of rotatable bonds is 0. The fourth-order valence-electron chi connectivity index (χ4n) is 0. The van der Waals surface area contributed by atoms with E-state index in [-0.39, 0.29) is 49.6 Å². The maximum Gasteiger partial charge on any atom is 0.0351 e. The zero-order chi connectivity index (χ0) is 10.8. The van der Waals surface area contributed by atoms with Crippen LogP contribution in [-0.4, -0.2) is 56.9 Å². The second-order valence-electron chi connectivity index (χ2n) is 1.63. The zero-order valence-corrected chi connectivity index (χ0v) is 14.5. The molecule has 16 heavy (non-hydrogen) atoms. The van der Waals surface area contributed by atoms with Crippen LogP contribution in [0.5, 0.6) is 0 Å². The van der Waals surface area contributed by atoms with Crippen LogP contribution in [0.15, 0.2) is 0 Å². The lowest BCUT2D eigenvalue weighted by Crippen LogP contribution is -1.55. The Morgan fingerprint density at radius 1 is 0.312 bits per heavy atom. The summed E-state index contributed by atoms with van der Waals surface area (Å²) < 4.78 is 17.0. The van der Waals surface area contributed by atoms with E-state index >= 15 is 0 Å². The Morgan fingerprint density at radius 3 is 0.312 bits per heavy atom. The molecule has 0 atom stereocenters. The lowest BCUT2D eigenvalue weighted by atomic mass is 11.6. The quantitative estimate of drug-likeness (QED) is 0.684. The molecule has 0 rings (SSSR count). The smallest absolute Gasteiger partial charge is 0.0351 e. The van der Waals surface area contributed by atoms with Crippen LogP contribution in [0, 0.1) is 0 Å². The van der Waals surface area contributed by atoms with Crippen molar-refractivity contribution in [1.29, 1.82) is 0 Å². The van der Waals surface area contributed by atoms with Gasteiger partial charge < -0.3 is 18.9 Å². The summed E-state index contributed by atoms with van der Waals surface area (Å²) in [6, 6.07) is 0. The van der Waals surface area contributed by atoms with Gasteiger partial charge in [0.25, 0.3) is 0 Å². The Kier molecular flexibility index (Phi) is 484. The van der Waals surface area contributed by atoms with Gasteiger partial charge in [-0.2, -0.15) is 0 Å². The van der Waals surface area contributed by atoms with E-state index in [9.17, 15) is 0 Å². The van der Waals surface area contributed by atoms with E-state index in [2.05, 4.69) is 18.9 Å². The predicted octanol–water partition coefficient (Wildman–Crippen LogP) is 2.74. The number of ether oxygens (including phenoxy) is 4. The van der Waals surface area contributed by atoms with Crippen LogP contribution in [0.25, 0.3) is 0 Å². The SMILES string of the molecule is COC.COC.COC.COC.Cl.Cl.Cl.Cl. The van der Waals surface area contributed by atoms with Crippen molar-refractivity contribution < 1.29 is 18.9 Å². The Morgan fingerprint density at radius 2 is 0.312 bits per heavy atom. The molecule has 0 bridgehead atoms. The summed E-state index contributed by atoms with van der Waals surface area (Å²) >= 11 is 0. The predicted molar refractivity (Wildman–Crippen MR) is 80.7 cm³/mol. The van der Waals surface area contributed by atoms with Gasteiger partial charge in [-0.05, 0) is 0 Å².